The van der Waals surface area contributed by atoms with Crippen molar-refractivity contribution in [1.29, 1.82) is 0 Å². The normalized spacial score (nSPS) is 11.2. The molecule has 0 aromatic heterocycles. The van der Waals surface area contributed by atoms with E-state index in [9.17, 15) is 18.0 Å². The van der Waals surface area contributed by atoms with E-state index in [1.54, 1.807) is 18.2 Å². The van der Waals surface area contributed by atoms with Crippen molar-refractivity contribution in [3.05, 3.63) is 58.1 Å². The van der Waals surface area contributed by atoms with Crippen LogP contribution in [0.3, 0.4) is 0 Å². The molecule has 0 aliphatic rings. The SMILES string of the molecule is CN(C)S(=O)(=O)c1cccc(C(=O)NNC(=O)CCCOc2cccc(Cl)c2Cl)c1. The third-order valence-electron chi connectivity index (χ3n) is 3.91. The van der Waals surface area contributed by atoms with Gasteiger partial charge in [-0.1, -0.05) is 35.3 Å². The van der Waals surface area contributed by atoms with Crippen LogP contribution in [-0.2, 0) is 14.8 Å². The van der Waals surface area contributed by atoms with Crippen molar-refractivity contribution in [2.24, 2.45) is 0 Å². The molecular weight excluding hydrogens is 453 g/mol. The Morgan fingerprint density at radius 3 is 2.47 bits per heavy atom. The van der Waals surface area contributed by atoms with Crippen LogP contribution in [0.5, 0.6) is 5.75 Å². The van der Waals surface area contributed by atoms with Crippen LogP contribution in [0.4, 0.5) is 0 Å². The quantitative estimate of drug-likeness (QED) is 0.452. The third kappa shape index (κ3) is 6.33. The molecule has 0 aliphatic carbocycles. The lowest BCUT2D eigenvalue weighted by molar-refractivity contribution is -0.122. The molecule has 11 heteroatoms. The molecule has 0 aliphatic heterocycles. The highest BCUT2D eigenvalue weighted by Gasteiger charge is 2.19. The van der Waals surface area contributed by atoms with Gasteiger partial charge in [0, 0.05) is 26.1 Å². The number of hydrazine groups is 1. The van der Waals surface area contributed by atoms with Gasteiger partial charge in [0.25, 0.3) is 5.91 Å². The molecular formula is C19H21Cl2N3O5S. The van der Waals surface area contributed by atoms with Gasteiger partial charge in [-0.05, 0) is 36.8 Å². The maximum Gasteiger partial charge on any atom is 0.269 e. The fourth-order valence-corrected chi connectivity index (χ4v) is 3.57. The van der Waals surface area contributed by atoms with Crippen LogP contribution >= 0.6 is 23.2 Å². The molecule has 2 N–H and O–H groups in total. The number of carbonyl (C=O) groups is 2. The molecule has 2 amide bonds. The molecule has 162 valence electrons. The lowest BCUT2D eigenvalue weighted by atomic mass is 10.2. The van der Waals surface area contributed by atoms with Gasteiger partial charge in [0.2, 0.25) is 15.9 Å². The summed E-state index contributed by atoms with van der Waals surface area (Å²) in [5, 5.41) is 0.673. The van der Waals surface area contributed by atoms with Gasteiger partial charge in [-0.15, -0.1) is 0 Å². The van der Waals surface area contributed by atoms with E-state index in [-0.39, 0.29) is 23.5 Å². The number of rotatable bonds is 8. The fourth-order valence-electron chi connectivity index (χ4n) is 2.28. The smallest absolute Gasteiger partial charge is 0.269 e. The second kappa shape index (κ2) is 10.6. The molecule has 30 heavy (non-hydrogen) atoms. The summed E-state index contributed by atoms with van der Waals surface area (Å²) >= 11 is 11.9. The van der Waals surface area contributed by atoms with Crippen molar-refractivity contribution in [3.8, 4) is 5.75 Å². The van der Waals surface area contributed by atoms with E-state index in [2.05, 4.69) is 10.9 Å². The molecule has 2 aromatic rings. The molecule has 0 saturated heterocycles. The van der Waals surface area contributed by atoms with Crippen LogP contribution in [0.2, 0.25) is 10.0 Å². The number of benzene rings is 2. The maximum absolute atomic E-state index is 12.2. The number of carbonyl (C=O) groups excluding carboxylic acids is 2. The molecule has 2 rings (SSSR count). The van der Waals surface area contributed by atoms with Crippen molar-refractivity contribution in [2.45, 2.75) is 17.7 Å². The van der Waals surface area contributed by atoms with Crippen molar-refractivity contribution in [3.63, 3.8) is 0 Å². The highest BCUT2D eigenvalue weighted by molar-refractivity contribution is 7.89. The van der Waals surface area contributed by atoms with Gasteiger partial charge in [-0.2, -0.15) is 0 Å². The highest BCUT2D eigenvalue weighted by Crippen LogP contribution is 2.31. The van der Waals surface area contributed by atoms with E-state index in [1.807, 2.05) is 0 Å². The summed E-state index contributed by atoms with van der Waals surface area (Å²) in [6.07, 6.45) is 0.467. The molecule has 0 atom stereocenters. The number of amides is 2. The number of halogens is 2. The van der Waals surface area contributed by atoms with Crippen LogP contribution in [0.15, 0.2) is 47.4 Å². The highest BCUT2D eigenvalue weighted by atomic mass is 35.5. The van der Waals surface area contributed by atoms with Crippen LogP contribution in [0.25, 0.3) is 0 Å². The molecule has 0 saturated carbocycles. The van der Waals surface area contributed by atoms with Gasteiger partial charge in [0.15, 0.2) is 0 Å². The number of nitrogens with one attached hydrogen (secondary N) is 2. The largest absolute Gasteiger partial charge is 0.492 e. The first kappa shape index (κ1) is 23.9. The van der Waals surface area contributed by atoms with Gasteiger partial charge in [-0.25, -0.2) is 12.7 Å². The monoisotopic (exact) mass is 473 g/mol. The minimum Gasteiger partial charge on any atom is -0.492 e. The Kier molecular flexibility index (Phi) is 8.48. The van der Waals surface area contributed by atoms with Crippen LogP contribution in [-0.4, -0.2) is 45.2 Å². The number of ether oxygens (including phenoxy) is 1. The number of hydrogen-bond acceptors (Lipinski definition) is 5. The number of nitrogens with zero attached hydrogens (tertiary/aromatic N) is 1. The summed E-state index contributed by atoms with van der Waals surface area (Å²) in [5.74, 6) is -0.646. The zero-order valence-corrected chi connectivity index (χ0v) is 18.6. The van der Waals surface area contributed by atoms with Crippen LogP contribution in [0, 0.1) is 0 Å². The summed E-state index contributed by atoms with van der Waals surface area (Å²) in [5.41, 5.74) is 4.63. The molecule has 2 aromatic carbocycles. The zero-order valence-electron chi connectivity index (χ0n) is 16.3. The van der Waals surface area contributed by atoms with Crippen molar-refractivity contribution in [2.75, 3.05) is 20.7 Å². The average molecular weight is 474 g/mol. The van der Waals surface area contributed by atoms with Crippen LogP contribution in [0.1, 0.15) is 23.2 Å². The van der Waals surface area contributed by atoms with Crippen molar-refractivity contribution >= 4 is 45.0 Å². The van der Waals surface area contributed by atoms with Crippen LogP contribution < -0.4 is 15.6 Å². The standard InChI is InChI=1S/C19H21Cl2N3O5S/c1-24(2)30(27,28)14-7-3-6-13(12-14)19(26)23-22-17(25)10-5-11-29-16-9-4-8-15(20)18(16)21/h3-4,6-9,12H,5,10-11H2,1-2H3,(H,22,25)(H,23,26). The topological polar surface area (TPSA) is 105 Å². The Hall–Kier alpha value is -2.33. The lowest BCUT2D eigenvalue weighted by Crippen LogP contribution is -2.41. The van der Waals surface area contributed by atoms with E-state index >= 15 is 0 Å². The zero-order chi connectivity index (χ0) is 22.3. The Morgan fingerprint density at radius 1 is 1.07 bits per heavy atom. The second-order valence-corrected chi connectivity index (χ2v) is 9.26. The van der Waals surface area contributed by atoms with E-state index < -0.39 is 21.8 Å². The van der Waals surface area contributed by atoms with Gasteiger partial charge in [-0.3, -0.25) is 20.4 Å². The van der Waals surface area contributed by atoms with Gasteiger partial charge in [0.05, 0.1) is 16.5 Å². The minimum atomic E-state index is -3.67. The van der Waals surface area contributed by atoms with Crippen molar-refractivity contribution < 1.29 is 22.7 Å². The summed E-state index contributed by atoms with van der Waals surface area (Å²) in [6.45, 7) is 0.228. The van der Waals surface area contributed by atoms with E-state index in [1.165, 1.54) is 38.4 Å². The second-order valence-electron chi connectivity index (χ2n) is 6.32. The molecule has 0 bridgehead atoms. The van der Waals surface area contributed by atoms with E-state index in [0.29, 0.717) is 22.2 Å². The predicted molar refractivity (Wildman–Crippen MR) is 114 cm³/mol. The first-order valence-corrected chi connectivity index (χ1v) is 11.0. The van der Waals surface area contributed by atoms with Gasteiger partial charge in [0.1, 0.15) is 10.8 Å². The number of hydrogen-bond donors (Lipinski definition) is 2. The predicted octanol–water partition coefficient (Wildman–Crippen LogP) is 2.86. The molecule has 0 fully saturated rings. The molecule has 0 heterocycles. The molecule has 8 nitrogen and oxygen atoms in total. The Bertz CT molecular complexity index is 1030. The third-order valence-corrected chi connectivity index (χ3v) is 6.52. The first-order chi connectivity index (χ1) is 14.1. The molecule has 0 spiro atoms. The molecule has 0 unspecified atom stereocenters. The molecule has 0 radical (unpaired) electrons. The minimum absolute atomic E-state index is 0.0247. The summed E-state index contributed by atoms with van der Waals surface area (Å²) in [6, 6.07) is 10.5. The Labute approximate surface area is 185 Å². The first-order valence-electron chi connectivity index (χ1n) is 8.81. The summed E-state index contributed by atoms with van der Waals surface area (Å²) < 4.78 is 30.8. The Morgan fingerprint density at radius 2 is 1.77 bits per heavy atom. The van der Waals surface area contributed by atoms with E-state index in [4.69, 9.17) is 27.9 Å². The lowest BCUT2D eigenvalue weighted by Gasteiger charge is -2.12. The van der Waals surface area contributed by atoms with E-state index in [0.717, 1.165) is 4.31 Å². The van der Waals surface area contributed by atoms with Gasteiger partial charge >= 0.3 is 0 Å². The average Bonchev–Trinajstić information content (AvgIpc) is 2.72. The summed E-state index contributed by atoms with van der Waals surface area (Å²) in [4.78, 5) is 24.1. The summed E-state index contributed by atoms with van der Waals surface area (Å²) in [7, 11) is -0.883. The van der Waals surface area contributed by atoms with Gasteiger partial charge < -0.3 is 4.74 Å². The fraction of sp³-hybridized carbons (Fsp3) is 0.263. The van der Waals surface area contributed by atoms with Crippen molar-refractivity contribution in [1.82, 2.24) is 15.2 Å². The maximum atomic E-state index is 12.2. The number of sulfonamides is 1. The Balaban J connectivity index is 1.81.